The molecule has 1 aromatic rings. The van der Waals surface area contributed by atoms with Crippen LogP contribution in [0.2, 0.25) is 0 Å². The molecule has 2 rings (SSSR count). The Balaban J connectivity index is 1.87. The average Bonchev–Trinajstić information content (AvgIpc) is 2.89. The molecule has 1 heterocycles. The second-order valence-corrected chi connectivity index (χ2v) is 4.73. The van der Waals surface area contributed by atoms with Crippen molar-refractivity contribution in [3.8, 4) is 0 Å². The highest BCUT2D eigenvalue weighted by atomic mass is 15.4. The van der Waals surface area contributed by atoms with Crippen molar-refractivity contribution in [1.82, 2.24) is 20.3 Å². The van der Waals surface area contributed by atoms with Crippen LogP contribution < -0.4 is 5.32 Å². The minimum absolute atomic E-state index is 0.248. The van der Waals surface area contributed by atoms with E-state index < -0.39 is 0 Å². The van der Waals surface area contributed by atoms with E-state index in [1.807, 2.05) is 13.2 Å². The van der Waals surface area contributed by atoms with Crippen molar-refractivity contribution < 1.29 is 0 Å². The van der Waals surface area contributed by atoms with E-state index in [2.05, 4.69) is 29.5 Å². The van der Waals surface area contributed by atoms with Crippen molar-refractivity contribution in [2.45, 2.75) is 38.8 Å². The predicted molar refractivity (Wildman–Crippen MR) is 54.6 cm³/mol. The first-order valence-corrected chi connectivity index (χ1v) is 5.18. The molecule has 0 saturated heterocycles. The molecule has 0 amide bonds. The van der Waals surface area contributed by atoms with Gasteiger partial charge in [-0.15, -0.1) is 5.10 Å². The van der Waals surface area contributed by atoms with Gasteiger partial charge in [-0.1, -0.05) is 5.21 Å². The van der Waals surface area contributed by atoms with E-state index >= 15 is 0 Å². The molecule has 1 N–H and O–H groups in total. The van der Waals surface area contributed by atoms with E-state index in [4.69, 9.17) is 0 Å². The Morgan fingerprint density at radius 2 is 2.29 bits per heavy atom. The fourth-order valence-electron chi connectivity index (χ4n) is 1.74. The number of nitrogens with zero attached hydrogens (tertiary/aromatic N) is 3. The number of nitrogens with one attached hydrogen (secondary N) is 1. The van der Waals surface area contributed by atoms with Gasteiger partial charge in [0.1, 0.15) is 0 Å². The highest BCUT2D eigenvalue weighted by molar-refractivity contribution is 4.98. The Labute approximate surface area is 84.7 Å². The topological polar surface area (TPSA) is 42.7 Å². The quantitative estimate of drug-likeness (QED) is 0.780. The summed E-state index contributed by atoms with van der Waals surface area (Å²) in [7, 11) is 1.89. The van der Waals surface area contributed by atoms with Gasteiger partial charge >= 0.3 is 0 Å². The third kappa shape index (κ3) is 2.12. The van der Waals surface area contributed by atoms with E-state index in [0.717, 1.165) is 18.2 Å². The monoisotopic (exact) mass is 194 g/mol. The normalized spacial score (nSPS) is 17.4. The highest BCUT2D eigenvalue weighted by Gasteiger charge is 2.37. The third-order valence-electron chi connectivity index (χ3n) is 2.97. The summed E-state index contributed by atoms with van der Waals surface area (Å²) in [6.45, 7) is 5.35. The molecule has 0 aromatic carbocycles. The minimum Gasteiger partial charge on any atom is -0.306 e. The molecule has 1 saturated carbocycles. The average molecular weight is 194 g/mol. The molecule has 0 radical (unpaired) electrons. The van der Waals surface area contributed by atoms with Crippen LogP contribution in [0.5, 0.6) is 0 Å². The van der Waals surface area contributed by atoms with Crippen LogP contribution in [0.1, 0.15) is 32.4 Å². The molecule has 1 aliphatic carbocycles. The first-order chi connectivity index (χ1) is 6.58. The maximum atomic E-state index is 4.05. The second-order valence-electron chi connectivity index (χ2n) is 4.73. The number of hydrogen-bond donors (Lipinski definition) is 1. The van der Waals surface area contributed by atoms with Crippen molar-refractivity contribution in [3.63, 3.8) is 0 Å². The van der Waals surface area contributed by atoms with Gasteiger partial charge in [-0.3, -0.25) is 4.68 Å². The van der Waals surface area contributed by atoms with E-state index in [-0.39, 0.29) is 5.54 Å². The van der Waals surface area contributed by atoms with Gasteiger partial charge in [0.15, 0.2) is 0 Å². The Morgan fingerprint density at radius 1 is 1.57 bits per heavy atom. The maximum Gasteiger partial charge on any atom is 0.0964 e. The summed E-state index contributed by atoms with van der Waals surface area (Å²) >= 11 is 0. The van der Waals surface area contributed by atoms with Crippen LogP contribution in [0.15, 0.2) is 6.20 Å². The summed E-state index contributed by atoms with van der Waals surface area (Å²) < 4.78 is 1.74. The standard InChI is InChI=1S/C10H18N4/c1-10(2,8-4-5-8)11-6-9-7-14(3)13-12-9/h7-8,11H,4-6H2,1-3H3. The van der Waals surface area contributed by atoms with E-state index in [1.165, 1.54) is 12.8 Å². The Morgan fingerprint density at radius 3 is 2.79 bits per heavy atom. The molecule has 0 bridgehead atoms. The van der Waals surface area contributed by atoms with Crippen molar-refractivity contribution in [2.75, 3.05) is 0 Å². The molecule has 1 fully saturated rings. The Bertz CT molecular complexity index is 312. The minimum atomic E-state index is 0.248. The first-order valence-electron chi connectivity index (χ1n) is 5.18. The summed E-state index contributed by atoms with van der Waals surface area (Å²) in [6, 6.07) is 0. The SMILES string of the molecule is Cn1cc(CNC(C)(C)C2CC2)nn1. The van der Waals surface area contributed by atoms with Crippen LogP contribution in [0, 0.1) is 5.92 Å². The molecule has 1 aromatic heterocycles. The fraction of sp³-hybridized carbons (Fsp3) is 0.800. The molecule has 0 atom stereocenters. The fourth-order valence-corrected chi connectivity index (χ4v) is 1.74. The van der Waals surface area contributed by atoms with Gasteiger partial charge in [0.25, 0.3) is 0 Å². The lowest BCUT2D eigenvalue weighted by Gasteiger charge is -2.25. The smallest absolute Gasteiger partial charge is 0.0964 e. The Kier molecular flexibility index (Phi) is 2.31. The lowest BCUT2D eigenvalue weighted by Crippen LogP contribution is -2.40. The van der Waals surface area contributed by atoms with Gasteiger partial charge in [-0.2, -0.15) is 0 Å². The molecule has 14 heavy (non-hydrogen) atoms. The molecule has 4 heteroatoms. The zero-order valence-corrected chi connectivity index (χ0v) is 9.12. The lowest BCUT2D eigenvalue weighted by atomic mass is 9.99. The summed E-state index contributed by atoms with van der Waals surface area (Å²) in [5, 5.41) is 11.5. The van der Waals surface area contributed by atoms with Gasteiger partial charge < -0.3 is 5.32 Å². The summed E-state index contributed by atoms with van der Waals surface area (Å²) in [6.07, 6.45) is 4.68. The number of hydrogen-bond acceptors (Lipinski definition) is 3. The molecule has 1 aliphatic rings. The third-order valence-corrected chi connectivity index (χ3v) is 2.97. The van der Waals surface area contributed by atoms with Crippen LogP contribution in [0.25, 0.3) is 0 Å². The molecular weight excluding hydrogens is 176 g/mol. The first kappa shape index (κ1) is 9.65. The van der Waals surface area contributed by atoms with E-state index in [1.54, 1.807) is 4.68 Å². The van der Waals surface area contributed by atoms with Crippen molar-refractivity contribution in [3.05, 3.63) is 11.9 Å². The number of aryl methyl sites for hydroxylation is 1. The zero-order chi connectivity index (χ0) is 10.2. The number of aromatic nitrogens is 3. The zero-order valence-electron chi connectivity index (χ0n) is 9.12. The molecule has 0 unspecified atom stereocenters. The largest absolute Gasteiger partial charge is 0.306 e. The van der Waals surface area contributed by atoms with Crippen LogP contribution in [0.4, 0.5) is 0 Å². The van der Waals surface area contributed by atoms with Crippen LogP contribution in [-0.4, -0.2) is 20.5 Å². The van der Waals surface area contributed by atoms with Crippen molar-refractivity contribution in [1.29, 1.82) is 0 Å². The predicted octanol–water partition coefficient (Wildman–Crippen LogP) is 1.09. The van der Waals surface area contributed by atoms with Gasteiger partial charge in [0.2, 0.25) is 0 Å². The van der Waals surface area contributed by atoms with E-state index in [0.29, 0.717) is 0 Å². The van der Waals surface area contributed by atoms with E-state index in [9.17, 15) is 0 Å². The van der Waals surface area contributed by atoms with Crippen LogP contribution in [-0.2, 0) is 13.6 Å². The molecule has 4 nitrogen and oxygen atoms in total. The van der Waals surface area contributed by atoms with Gasteiger partial charge in [-0.25, -0.2) is 0 Å². The molecule has 0 spiro atoms. The van der Waals surface area contributed by atoms with Crippen LogP contribution in [0.3, 0.4) is 0 Å². The second kappa shape index (κ2) is 3.35. The molecule has 0 aliphatic heterocycles. The maximum absolute atomic E-state index is 4.05. The van der Waals surface area contributed by atoms with Crippen molar-refractivity contribution in [2.24, 2.45) is 13.0 Å². The summed E-state index contributed by atoms with van der Waals surface area (Å²) in [4.78, 5) is 0. The van der Waals surface area contributed by atoms with Gasteiger partial charge in [0.05, 0.1) is 5.69 Å². The highest BCUT2D eigenvalue weighted by Crippen LogP contribution is 2.39. The van der Waals surface area contributed by atoms with Crippen molar-refractivity contribution >= 4 is 0 Å². The summed E-state index contributed by atoms with van der Waals surface area (Å²) in [5.41, 5.74) is 1.26. The number of rotatable bonds is 4. The van der Waals surface area contributed by atoms with Gasteiger partial charge in [0, 0.05) is 25.3 Å². The summed E-state index contributed by atoms with van der Waals surface area (Å²) in [5.74, 6) is 0.846. The Hall–Kier alpha value is -0.900. The van der Waals surface area contributed by atoms with Gasteiger partial charge in [-0.05, 0) is 32.6 Å². The molecular formula is C10H18N4. The molecule has 78 valence electrons. The lowest BCUT2D eigenvalue weighted by molar-refractivity contribution is 0.337. The van der Waals surface area contributed by atoms with Crippen LogP contribution >= 0.6 is 0 Å².